The van der Waals surface area contributed by atoms with Gasteiger partial charge in [0.05, 0.1) is 18.8 Å². The van der Waals surface area contributed by atoms with E-state index in [4.69, 9.17) is 14.2 Å². The smallest absolute Gasteiger partial charge is 0.335 e. The van der Waals surface area contributed by atoms with Gasteiger partial charge in [-0.05, 0) is 38.5 Å². The molecule has 1 heterocycles. The van der Waals surface area contributed by atoms with Gasteiger partial charge in [-0.2, -0.15) is 0 Å². The van der Waals surface area contributed by atoms with E-state index >= 15 is 0 Å². The predicted molar refractivity (Wildman–Crippen MR) is 126 cm³/mol. The molecule has 0 aliphatic carbocycles. The molecule has 0 aliphatic rings. The lowest BCUT2D eigenvalue weighted by Crippen LogP contribution is -2.29. The van der Waals surface area contributed by atoms with Gasteiger partial charge in [-0.1, -0.05) is 42.5 Å². The van der Waals surface area contributed by atoms with E-state index in [9.17, 15) is 9.59 Å². The van der Waals surface area contributed by atoms with Crippen molar-refractivity contribution in [3.8, 4) is 17.0 Å². The largest absolute Gasteiger partial charge is 0.492 e. The monoisotopic (exact) mass is 450 g/mol. The third-order valence-electron chi connectivity index (χ3n) is 5.11. The number of ether oxygens (including phenoxy) is 3. The Balaban J connectivity index is 1.58. The van der Waals surface area contributed by atoms with Crippen molar-refractivity contribution in [3.63, 3.8) is 0 Å². The summed E-state index contributed by atoms with van der Waals surface area (Å²) in [5.74, 6) is 0.969. The van der Waals surface area contributed by atoms with Crippen LogP contribution in [0.25, 0.3) is 11.3 Å². The molecule has 3 aromatic rings. The zero-order chi connectivity index (χ0) is 23.6. The third-order valence-corrected chi connectivity index (χ3v) is 5.11. The average Bonchev–Trinajstić information content (AvgIpc) is 2.82. The molecule has 2 aromatic carbocycles. The Bertz CT molecular complexity index is 1090. The Morgan fingerprint density at radius 2 is 1.76 bits per heavy atom. The molecule has 3 rings (SSSR count). The molecule has 0 radical (unpaired) electrons. The molecule has 174 valence electrons. The van der Waals surface area contributed by atoms with Crippen LogP contribution < -0.4 is 10.3 Å². The number of aromatic nitrogens is 2. The quantitative estimate of drug-likeness (QED) is 0.414. The average molecular weight is 451 g/mol. The molecule has 0 aliphatic heterocycles. The van der Waals surface area contributed by atoms with Crippen molar-refractivity contribution < 1.29 is 19.0 Å². The van der Waals surface area contributed by atoms with E-state index in [0.717, 1.165) is 11.1 Å². The Labute approximate surface area is 194 Å². The van der Waals surface area contributed by atoms with E-state index in [2.05, 4.69) is 4.98 Å². The van der Waals surface area contributed by atoms with Crippen molar-refractivity contribution in [2.75, 3.05) is 19.8 Å². The number of hydrogen-bond acceptors (Lipinski definition) is 6. The van der Waals surface area contributed by atoms with Crippen LogP contribution in [0.1, 0.15) is 25.2 Å². The molecule has 0 bridgehead atoms. The van der Waals surface area contributed by atoms with Crippen LogP contribution in [0.15, 0.2) is 65.5 Å². The number of esters is 1. The number of aryl methyl sites for hydroxylation is 1. The molecule has 7 nitrogen and oxygen atoms in total. The lowest BCUT2D eigenvalue weighted by molar-refractivity contribution is -0.156. The minimum atomic E-state index is -0.622. The summed E-state index contributed by atoms with van der Waals surface area (Å²) in [5.41, 5.74) is 2.41. The van der Waals surface area contributed by atoms with Crippen LogP contribution in [-0.2, 0) is 27.2 Å². The summed E-state index contributed by atoms with van der Waals surface area (Å²) in [6, 6.07) is 18.7. The topological polar surface area (TPSA) is 79.7 Å². The Morgan fingerprint density at radius 3 is 2.39 bits per heavy atom. The van der Waals surface area contributed by atoms with Crippen LogP contribution in [0.5, 0.6) is 5.75 Å². The molecule has 1 atom stereocenters. The van der Waals surface area contributed by atoms with Gasteiger partial charge in [0.15, 0.2) is 6.10 Å². The minimum Gasteiger partial charge on any atom is -0.492 e. The highest BCUT2D eigenvalue weighted by Crippen LogP contribution is 2.16. The molecule has 0 N–H and O–H groups in total. The minimum absolute atomic E-state index is 0.110. The van der Waals surface area contributed by atoms with Crippen LogP contribution >= 0.6 is 0 Å². The molecule has 1 unspecified atom stereocenters. The first-order valence-corrected chi connectivity index (χ1v) is 11.2. The maximum absolute atomic E-state index is 12.6. The number of carbonyl (C=O) groups is 1. The first-order chi connectivity index (χ1) is 16.0. The lowest BCUT2D eigenvalue weighted by Gasteiger charge is -2.16. The fourth-order valence-electron chi connectivity index (χ4n) is 3.49. The van der Waals surface area contributed by atoms with Gasteiger partial charge < -0.3 is 14.2 Å². The summed E-state index contributed by atoms with van der Waals surface area (Å²) in [4.78, 5) is 29.2. The Kier molecular flexibility index (Phi) is 8.78. The van der Waals surface area contributed by atoms with Crippen LogP contribution in [0.4, 0.5) is 0 Å². The molecule has 0 saturated carbocycles. The lowest BCUT2D eigenvalue weighted by atomic mass is 10.1. The van der Waals surface area contributed by atoms with E-state index in [1.54, 1.807) is 17.6 Å². The molecule has 7 heteroatoms. The van der Waals surface area contributed by atoms with Gasteiger partial charge in [0.1, 0.15) is 18.2 Å². The summed E-state index contributed by atoms with van der Waals surface area (Å²) in [6.07, 6.45) is -0.191. The highest BCUT2D eigenvalue weighted by molar-refractivity contribution is 5.75. The van der Waals surface area contributed by atoms with E-state index in [0.29, 0.717) is 50.1 Å². The first-order valence-electron chi connectivity index (χ1n) is 11.2. The number of nitrogens with zero attached hydrogens (tertiary/aromatic N) is 2. The zero-order valence-corrected chi connectivity index (χ0v) is 19.3. The third kappa shape index (κ3) is 6.76. The Hall–Kier alpha value is -3.45. The highest BCUT2D eigenvalue weighted by Gasteiger charge is 2.20. The van der Waals surface area contributed by atoms with Crippen LogP contribution in [0.3, 0.4) is 0 Å². The summed E-state index contributed by atoms with van der Waals surface area (Å²) < 4.78 is 18.0. The second-order valence-corrected chi connectivity index (χ2v) is 7.44. The standard InChI is InChI=1S/C26H30N2O5/c1-4-31-24(26(30)32-5-2)17-20-11-13-22(14-12-20)33-16-15-28-19(3)27-23(18-25(28)29)21-9-7-6-8-10-21/h6-14,18,24H,4-5,15-17H2,1-3H3. The van der Waals surface area contributed by atoms with Gasteiger partial charge >= 0.3 is 5.97 Å². The van der Waals surface area contributed by atoms with Gasteiger partial charge in [0.25, 0.3) is 5.56 Å². The molecule has 0 saturated heterocycles. The van der Waals surface area contributed by atoms with Gasteiger partial charge in [-0.15, -0.1) is 0 Å². The fourth-order valence-corrected chi connectivity index (χ4v) is 3.49. The molecule has 0 fully saturated rings. The summed E-state index contributed by atoms with van der Waals surface area (Å²) in [5, 5.41) is 0. The normalized spacial score (nSPS) is 11.7. The SMILES string of the molecule is CCOC(=O)C(Cc1ccc(OCCn2c(C)nc(-c3ccccc3)cc2=O)cc1)OCC. The molecule has 0 amide bonds. The number of carbonyl (C=O) groups excluding carboxylic acids is 1. The van der Waals surface area contributed by atoms with Gasteiger partial charge in [-0.25, -0.2) is 9.78 Å². The van der Waals surface area contributed by atoms with Gasteiger partial charge in [-0.3, -0.25) is 9.36 Å². The summed E-state index contributed by atoms with van der Waals surface area (Å²) >= 11 is 0. The maximum atomic E-state index is 12.6. The van der Waals surface area contributed by atoms with Crippen LogP contribution in [-0.4, -0.2) is 41.4 Å². The summed E-state index contributed by atoms with van der Waals surface area (Å²) in [6.45, 7) is 6.92. The number of benzene rings is 2. The van der Waals surface area contributed by atoms with Crippen molar-refractivity contribution in [1.82, 2.24) is 9.55 Å². The fraction of sp³-hybridized carbons (Fsp3) is 0.346. The molecular formula is C26H30N2O5. The van der Waals surface area contributed by atoms with Crippen molar-refractivity contribution in [3.05, 3.63) is 82.4 Å². The van der Waals surface area contributed by atoms with Crippen molar-refractivity contribution in [1.29, 1.82) is 0 Å². The maximum Gasteiger partial charge on any atom is 0.335 e. The highest BCUT2D eigenvalue weighted by atomic mass is 16.6. The van der Waals surface area contributed by atoms with Crippen LogP contribution in [0, 0.1) is 6.92 Å². The first kappa shape index (κ1) is 24.2. The van der Waals surface area contributed by atoms with Gasteiger partial charge in [0.2, 0.25) is 0 Å². The van der Waals surface area contributed by atoms with E-state index in [1.807, 2.05) is 68.4 Å². The molecular weight excluding hydrogens is 420 g/mol. The molecule has 0 spiro atoms. The zero-order valence-electron chi connectivity index (χ0n) is 19.3. The number of hydrogen-bond donors (Lipinski definition) is 0. The van der Waals surface area contributed by atoms with E-state index in [-0.39, 0.29) is 11.5 Å². The van der Waals surface area contributed by atoms with Crippen LogP contribution in [0.2, 0.25) is 0 Å². The van der Waals surface area contributed by atoms with E-state index in [1.165, 1.54) is 0 Å². The second-order valence-electron chi connectivity index (χ2n) is 7.44. The van der Waals surface area contributed by atoms with Crippen molar-refractivity contribution in [2.45, 2.75) is 39.8 Å². The van der Waals surface area contributed by atoms with Crippen molar-refractivity contribution >= 4 is 5.97 Å². The van der Waals surface area contributed by atoms with Gasteiger partial charge in [0, 0.05) is 24.7 Å². The Morgan fingerprint density at radius 1 is 1.03 bits per heavy atom. The predicted octanol–water partition coefficient (Wildman–Crippen LogP) is 3.81. The van der Waals surface area contributed by atoms with E-state index < -0.39 is 6.10 Å². The number of rotatable bonds is 11. The summed E-state index contributed by atoms with van der Waals surface area (Å²) in [7, 11) is 0. The second kappa shape index (κ2) is 12.0. The molecule has 33 heavy (non-hydrogen) atoms. The van der Waals surface area contributed by atoms with Crippen molar-refractivity contribution in [2.24, 2.45) is 0 Å². The molecule has 1 aromatic heterocycles.